The Labute approximate surface area is 228 Å². The number of para-hydroxylation sites is 1. The zero-order chi connectivity index (χ0) is 28.8. The number of aryl methyl sites for hydroxylation is 2. The number of hydrogen-bond donors (Lipinski definition) is 6. The molecule has 0 radical (unpaired) electrons. The minimum Gasteiger partial charge on any atom is -0.481 e. The van der Waals surface area contributed by atoms with Crippen LogP contribution in [0, 0.1) is 13.8 Å². The quantitative estimate of drug-likeness (QED) is 0.179. The van der Waals surface area contributed by atoms with Gasteiger partial charge in [0.2, 0.25) is 5.88 Å². The van der Waals surface area contributed by atoms with Gasteiger partial charge in [-0.3, -0.25) is 25.5 Å². The average Bonchev–Trinajstić information content (AvgIpc) is 3.35. The molecule has 0 aliphatic rings. The molecule has 210 valence electrons. The van der Waals surface area contributed by atoms with E-state index in [1.807, 2.05) is 50.2 Å². The molecule has 11 nitrogen and oxygen atoms in total. The largest absolute Gasteiger partial charge is 0.481 e. The molecule has 0 saturated carbocycles. The zero-order valence-corrected chi connectivity index (χ0v) is 23.2. The number of carboxylic acid groups (broad SMARTS) is 1. The number of hydrogen-bond acceptors (Lipinski definition) is 8. The SMILES string of the molecule is CNC(C)(NC)[C@@](O)(COc1cc(C(=O)N[C@@H](CC(=O)O)c2ccc(C)cc2C)nn1-c1ccccc1)NC. The number of nitrogens with zero attached hydrogens (tertiary/aromatic N) is 2. The molecule has 39 heavy (non-hydrogen) atoms. The van der Waals surface area contributed by atoms with Gasteiger partial charge in [-0.2, -0.15) is 5.10 Å². The van der Waals surface area contributed by atoms with E-state index < -0.39 is 29.3 Å². The highest BCUT2D eigenvalue weighted by Gasteiger charge is 2.45. The normalized spacial score (nSPS) is 13.9. The van der Waals surface area contributed by atoms with Gasteiger partial charge in [-0.25, -0.2) is 4.68 Å². The van der Waals surface area contributed by atoms with Crippen molar-refractivity contribution in [3.05, 3.63) is 77.0 Å². The van der Waals surface area contributed by atoms with Crippen LogP contribution in [-0.2, 0) is 4.79 Å². The van der Waals surface area contributed by atoms with Crippen LogP contribution >= 0.6 is 0 Å². The van der Waals surface area contributed by atoms with Crippen molar-refractivity contribution in [1.29, 1.82) is 0 Å². The van der Waals surface area contributed by atoms with Gasteiger partial charge in [-0.15, -0.1) is 0 Å². The molecule has 0 unspecified atom stereocenters. The number of nitrogens with one attached hydrogen (secondary N) is 4. The first-order valence-electron chi connectivity index (χ1n) is 12.6. The third kappa shape index (κ3) is 6.63. The van der Waals surface area contributed by atoms with Crippen LogP contribution in [0.3, 0.4) is 0 Å². The Balaban J connectivity index is 1.96. The molecule has 11 heteroatoms. The van der Waals surface area contributed by atoms with Crippen molar-refractivity contribution in [2.75, 3.05) is 27.7 Å². The Kier molecular flexibility index (Phi) is 9.46. The van der Waals surface area contributed by atoms with Crippen molar-refractivity contribution in [2.24, 2.45) is 0 Å². The molecule has 1 heterocycles. The number of carboxylic acids is 1. The molecule has 0 aliphatic carbocycles. The minimum atomic E-state index is -1.56. The van der Waals surface area contributed by atoms with Gasteiger partial charge in [0.1, 0.15) is 12.3 Å². The highest BCUT2D eigenvalue weighted by molar-refractivity contribution is 5.93. The summed E-state index contributed by atoms with van der Waals surface area (Å²) in [7, 11) is 5.02. The topological polar surface area (TPSA) is 150 Å². The molecule has 0 bridgehead atoms. The van der Waals surface area contributed by atoms with Crippen molar-refractivity contribution in [3.63, 3.8) is 0 Å². The number of ether oxygens (including phenoxy) is 1. The van der Waals surface area contributed by atoms with Crippen LogP contribution in [-0.4, -0.2) is 71.0 Å². The molecule has 1 aromatic heterocycles. The van der Waals surface area contributed by atoms with Crippen LogP contribution in [0.4, 0.5) is 0 Å². The van der Waals surface area contributed by atoms with E-state index in [2.05, 4.69) is 26.4 Å². The Morgan fingerprint density at radius 2 is 1.69 bits per heavy atom. The Morgan fingerprint density at radius 3 is 2.26 bits per heavy atom. The molecule has 6 N–H and O–H groups in total. The van der Waals surface area contributed by atoms with Crippen molar-refractivity contribution in [1.82, 2.24) is 31.0 Å². The standard InChI is InChI=1S/C28H38N6O5/c1-18-12-13-21(19(2)14-18)22(16-25(35)36)32-26(37)23-15-24(34(33-23)20-10-8-7-9-11-20)39-17-28(38,31-6)27(3,29-4)30-5/h7-15,22,29-31,38H,16-17H2,1-6H3,(H,32,37)(H,35,36)/t22-,28-/m0/s1. The van der Waals surface area contributed by atoms with Gasteiger partial charge in [0.15, 0.2) is 11.4 Å². The second-order valence-electron chi connectivity index (χ2n) is 9.62. The maximum Gasteiger partial charge on any atom is 0.305 e. The molecule has 0 spiro atoms. The first-order chi connectivity index (χ1) is 18.5. The van der Waals surface area contributed by atoms with Gasteiger partial charge in [0.05, 0.1) is 18.2 Å². The molecule has 0 aliphatic heterocycles. The number of aliphatic carboxylic acids is 1. The minimum absolute atomic E-state index is 0.0343. The highest BCUT2D eigenvalue weighted by atomic mass is 16.5. The zero-order valence-electron chi connectivity index (χ0n) is 23.2. The van der Waals surface area contributed by atoms with Crippen molar-refractivity contribution in [3.8, 4) is 11.6 Å². The van der Waals surface area contributed by atoms with E-state index in [1.165, 1.54) is 10.7 Å². The number of rotatable bonds is 13. The lowest BCUT2D eigenvalue weighted by molar-refractivity contribution is -0.137. The summed E-state index contributed by atoms with van der Waals surface area (Å²) in [6.07, 6.45) is -0.291. The number of carbonyl (C=O) groups excluding carboxylic acids is 1. The monoisotopic (exact) mass is 538 g/mol. The summed E-state index contributed by atoms with van der Waals surface area (Å²) in [4.78, 5) is 25.0. The van der Waals surface area contributed by atoms with Crippen LogP contribution in [0.2, 0.25) is 0 Å². The van der Waals surface area contributed by atoms with E-state index in [-0.39, 0.29) is 24.6 Å². The molecular weight excluding hydrogens is 500 g/mol. The van der Waals surface area contributed by atoms with Gasteiger partial charge >= 0.3 is 5.97 Å². The van der Waals surface area contributed by atoms with Crippen LogP contribution in [0.5, 0.6) is 5.88 Å². The summed E-state index contributed by atoms with van der Waals surface area (Å²) < 4.78 is 7.51. The summed E-state index contributed by atoms with van der Waals surface area (Å²) in [5.41, 5.74) is 0.786. The Bertz CT molecular complexity index is 1290. The van der Waals surface area contributed by atoms with E-state index in [1.54, 1.807) is 40.2 Å². The van der Waals surface area contributed by atoms with Crippen LogP contribution in [0.15, 0.2) is 54.6 Å². The number of aromatic nitrogens is 2. The number of benzene rings is 2. The highest BCUT2D eigenvalue weighted by Crippen LogP contribution is 2.25. The number of likely N-dealkylation sites (N-methyl/N-ethyl adjacent to an activating group) is 3. The van der Waals surface area contributed by atoms with Crippen LogP contribution < -0.4 is 26.0 Å². The fraction of sp³-hybridized carbons (Fsp3) is 0.393. The molecule has 2 aromatic carbocycles. The fourth-order valence-corrected chi connectivity index (χ4v) is 4.38. The van der Waals surface area contributed by atoms with Crippen molar-refractivity contribution < 1.29 is 24.5 Å². The molecule has 2 atom stereocenters. The molecule has 0 fully saturated rings. The van der Waals surface area contributed by atoms with E-state index in [0.717, 1.165) is 11.1 Å². The van der Waals surface area contributed by atoms with Gasteiger partial charge in [-0.1, -0.05) is 42.0 Å². The average molecular weight is 539 g/mol. The van der Waals surface area contributed by atoms with E-state index in [0.29, 0.717) is 11.3 Å². The number of carbonyl (C=O) groups is 2. The fourth-order valence-electron chi connectivity index (χ4n) is 4.38. The summed E-state index contributed by atoms with van der Waals surface area (Å²) in [5, 5.41) is 37.1. The summed E-state index contributed by atoms with van der Waals surface area (Å²) in [6, 6.07) is 15.5. The summed E-state index contributed by atoms with van der Waals surface area (Å²) >= 11 is 0. The predicted molar refractivity (Wildman–Crippen MR) is 148 cm³/mol. The van der Waals surface area contributed by atoms with Crippen LogP contribution in [0.1, 0.15) is 46.6 Å². The van der Waals surface area contributed by atoms with Gasteiger partial charge < -0.3 is 20.3 Å². The lowest BCUT2D eigenvalue weighted by Gasteiger charge is -2.44. The summed E-state index contributed by atoms with van der Waals surface area (Å²) in [5.74, 6) is -1.38. The first kappa shape index (κ1) is 29.8. The lowest BCUT2D eigenvalue weighted by atomic mass is 9.97. The molecular formula is C28H38N6O5. The lowest BCUT2D eigenvalue weighted by Crippen LogP contribution is -2.74. The predicted octanol–water partition coefficient (Wildman–Crippen LogP) is 1.88. The molecule has 0 saturated heterocycles. The second-order valence-corrected chi connectivity index (χ2v) is 9.62. The van der Waals surface area contributed by atoms with Gasteiger partial charge in [0.25, 0.3) is 5.91 Å². The van der Waals surface area contributed by atoms with E-state index >= 15 is 0 Å². The maximum absolute atomic E-state index is 13.4. The Morgan fingerprint density at radius 1 is 1.03 bits per heavy atom. The second kappa shape index (κ2) is 12.4. The van der Waals surface area contributed by atoms with Crippen molar-refractivity contribution in [2.45, 2.75) is 44.6 Å². The Hall–Kier alpha value is -3.77. The molecule has 1 amide bonds. The van der Waals surface area contributed by atoms with Crippen molar-refractivity contribution >= 4 is 11.9 Å². The van der Waals surface area contributed by atoms with Gasteiger partial charge in [0, 0.05) is 6.07 Å². The van der Waals surface area contributed by atoms with E-state index in [4.69, 9.17) is 4.74 Å². The summed E-state index contributed by atoms with van der Waals surface area (Å²) in [6.45, 7) is 5.40. The smallest absolute Gasteiger partial charge is 0.305 e. The number of amides is 1. The third-order valence-electron chi connectivity index (χ3n) is 7.06. The third-order valence-corrected chi connectivity index (χ3v) is 7.06. The number of aliphatic hydroxyl groups is 1. The van der Waals surface area contributed by atoms with Crippen LogP contribution in [0.25, 0.3) is 5.69 Å². The molecule has 3 rings (SSSR count). The van der Waals surface area contributed by atoms with E-state index in [9.17, 15) is 19.8 Å². The maximum atomic E-state index is 13.4. The molecule has 3 aromatic rings. The van der Waals surface area contributed by atoms with Gasteiger partial charge in [-0.05, 0) is 65.2 Å². The first-order valence-corrected chi connectivity index (χ1v) is 12.6.